The predicted octanol–water partition coefficient (Wildman–Crippen LogP) is 2.85. The van der Waals surface area contributed by atoms with E-state index in [0.29, 0.717) is 18.1 Å². The molecule has 0 bridgehead atoms. The zero-order chi connectivity index (χ0) is 23.9. The van der Waals surface area contributed by atoms with Gasteiger partial charge in [0.15, 0.2) is 11.5 Å². The lowest BCUT2D eigenvalue weighted by Gasteiger charge is -2.14. The largest absolute Gasteiger partial charge is 0.493 e. The maximum Gasteiger partial charge on any atom is 0.271 e. The van der Waals surface area contributed by atoms with Gasteiger partial charge in [-0.15, -0.1) is 0 Å². The van der Waals surface area contributed by atoms with Crippen LogP contribution in [0.25, 0.3) is 0 Å². The Labute approximate surface area is 192 Å². The number of hydrogen-bond acceptors (Lipinski definition) is 6. The highest BCUT2D eigenvalue weighted by Crippen LogP contribution is 2.28. The quantitative estimate of drug-likeness (QED) is 0.418. The third-order valence-electron chi connectivity index (χ3n) is 4.43. The van der Waals surface area contributed by atoms with E-state index >= 15 is 0 Å². The molecule has 0 unspecified atom stereocenters. The highest BCUT2D eigenvalue weighted by molar-refractivity contribution is 7.89. The number of halogens is 1. The molecule has 2 rings (SSSR count). The molecule has 9 nitrogen and oxygen atoms in total. The lowest BCUT2D eigenvalue weighted by molar-refractivity contribution is 0.0846. The summed E-state index contributed by atoms with van der Waals surface area (Å²) in [5, 5.41) is 0.0321. The van der Waals surface area contributed by atoms with E-state index in [-0.39, 0.29) is 21.0 Å². The van der Waals surface area contributed by atoms with Crippen LogP contribution in [0.2, 0.25) is 5.02 Å². The third-order valence-corrected chi connectivity index (χ3v) is 6.57. The average Bonchev–Trinajstić information content (AvgIpc) is 2.77. The van der Waals surface area contributed by atoms with Crippen LogP contribution in [-0.4, -0.2) is 52.3 Å². The summed E-state index contributed by atoms with van der Waals surface area (Å²) in [6.07, 6.45) is 1.87. The normalized spacial score (nSPS) is 11.2. The van der Waals surface area contributed by atoms with Crippen LogP contribution in [-0.2, 0) is 10.0 Å². The van der Waals surface area contributed by atoms with Crippen molar-refractivity contribution < 1.29 is 27.5 Å². The molecule has 0 aliphatic rings. The molecule has 0 heterocycles. The van der Waals surface area contributed by atoms with Crippen molar-refractivity contribution in [3.05, 3.63) is 52.5 Å². The first-order chi connectivity index (χ1) is 15.1. The van der Waals surface area contributed by atoms with Gasteiger partial charge in [0.1, 0.15) is 0 Å². The van der Waals surface area contributed by atoms with E-state index in [2.05, 4.69) is 10.9 Å². The number of nitrogens with one attached hydrogen (secondary N) is 2. The fourth-order valence-electron chi connectivity index (χ4n) is 2.56. The van der Waals surface area contributed by atoms with Crippen molar-refractivity contribution >= 4 is 33.4 Å². The van der Waals surface area contributed by atoms with Gasteiger partial charge in [-0.2, -0.15) is 0 Å². The molecule has 0 aliphatic heterocycles. The van der Waals surface area contributed by atoms with Gasteiger partial charge in [0.2, 0.25) is 10.0 Å². The number of carbonyl (C=O) groups is 2. The van der Waals surface area contributed by atoms with Gasteiger partial charge < -0.3 is 9.47 Å². The standard InChI is InChI=1S/C21H26ClN3O6S/c1-5-6-11-31-18-10-7-14(12-19(18)30-4)20(26)23-24-21(27)16-13-15(8-9-17(16)22)32(28,29)25(2)3/h7-10,12-13H,5-6,11H2,1-4H3,(H,23,26)(H,24,27). The van der Waals surface area contributed by atoms with Crippen LogP contribution in [0.5, 0.6) is 11.5 Å². The Morgan fingerprint density at radius 1 is 1.03 bits per heavy atom. The second kappa shape index (κ2) is 11.2. The topological polar surface area (TPSA) is 114 Å². The molecule has 32 heavy (non-hydrogen) atoms. The number of hydrazine groups is 1. The number of nitrogens with zero attached hydrogens (tertiary/aromatic N) is 1. The molecule has 0 spiro atoms. The monoisotopic (exact) mass is 483 g/mol. The third kappa shape index (κ3) is 6.12. The Morgan fingerprint density at radius 2 is 1.72 bits per heavy atom. The number of ether oxygens (including phenoxy) is 2. The zero-order valence-corrected chi connectivity index (χ0v) is 19.8. The average molecular weight is 484 g/mol. The molecule has 11 heteroatoms. The number of amides is 2. The number of unbranched alkanes of at least 4 members (excludes halogenated alkanes) is 1. The fourth-order valence-corrected chi connectivity index (χ4v) is 3.69. The first-order valence-electron chi connectivity index (χ1n) is 9.75. The minimum absolute atomic E-state index is 0.0321. The Hall–Kier alpha value is -2.82. The minimum Gasteiger partial charge on any atom is -0.493 e. The van der Waals surface area contributed by atoms with Crippen molar-refractivity contribution in [2.75, 3.05) is 27.8 Å². The molecule has 174 valence electrons. The molecule has 0 fully saturated rings. The molecular formula is C21H26ClN3O6S. The Kier molecular flexibility index (Phi) is 8.88. The molecule has 2 amide bonds. The number of hydrogen-bond donors (Lipinski definition) is 2. The van der Waals surface area contributed by atoms with E-state index in [0.717, 1.165) is 23.2 Å². The van der Waals surface area contributed by atoms with Gasteiger partial charge in [0.25, 0.3) is 11.8 Å². The Balaban J connectivity index is 2.12. The smallest absolute Gasteiger partial charge is 0.271 e. The molecule has 0 saturated carbocycles. The van der Waals surface area contributed by atoms with Gasteiger partial charge in [-0.25, -0.2) is 12.7 Å². The number of methoxy groups -OCH3 is 1. The Morgan fingerprint density at radius 3 is 2.34 bits per heavy atom. The molecule has 2 N–H and O–H groups in total. The van der Waals surface area contributed by atoms with Crippen LogP contribution in [0.15, 0.2) is 41.3 Å². The molecule has 0 saturated heterocycles. The van der Waals surface area contributed by atoms with Gasteiger partial charge >= 0.3 is 0 Å². The number of rotatable bonds is 9. The first kappa shape index (κ1) is 25.4. The summed E-state index contributed by atoms with van der Waals surface area (Å²) in [5.41, 5.74) is 4.63. The van der Waals surface area contributed by atoms with E-state index in [1.54, 1.807) is 6.07 Å². The van der Waals surface area contributed by atoms with Crippen LogP contribution in [0.4, 0.5) is 0 Å². The summed E-state index contributed by atoms with van der Waals surface area (Å²) >= 11 is 6.05. The lowest BCUT2D eigenvalue weighted by atomic mass is 10.2. The van der Waals surface area contributed by atoms with Crippen molar-refractivity contribution in [1.29, 1.82) is 0 Å². The SMILES string of the molecule is CCCCOc1ccc(C(=O)NNC(=O)c2cc(S(=O)(=O)N(C)C)ccc2Cl)cc1OC. The second-order valence-corrected chi connectivity index (χ2v) is 9.46. The van der Waals surface area contributed by atoms with Crippen molar-refractivity contribution in [3.8, 4) is 11.5 Å². The minimum atomic E-state index is -3.76. The summed E-state index contributed by atoms with van der Waals surface area (Å²) in [6.45, 7) is 2.57. The number of sulfonamides is 1. The summed E-state index contributed by atoms with van der Waals surface area (Å²) < 4.78 is 36.5. The number of carbonyl (C=O) groups excluding carboxylic acids is 2. The van der Waals surface area contributed by atoms with Crippen molar-refractivity contribution in [2.45, 2.75) is 24.7 Å². The van der Waals surface area contributed by atoms with Crippen LogP contribution in [0.1, 0.15) is 40.5 Å². The van der Waals surface area contributed by atoms with E-state index in [1.165, 1.54) is 45.5 Å². The summed E-state index contributed by atoms with van der Waals surface area (Å²) in [4.78, 5) is 24.9. The van der Waals surface area contributed by atoms with Crippen molar-refractivity contribution in [2.24, 2.45) is 0 Å². The van der Waals surface area contributed by atoms with Crippen LogP contribution in [0.3, 0.4) is 0 Å². The van der Waals surface area contributed by atoms with E-state index in [1.807, 2.05) is 6.92 Å². The van der Waals surface area contributed by atoms with E-state index in [9.17, 15) is 18.0 Å². The molecule has 0 aromatic heterocycles. The van der Waals surface area contributed by atoms with Gasteiger partial charge in [0.05, 0.1) is 29.2 Å². The molecule has 0 aliphatic carbocycles. The van der Waals surface area contributed by atoms with Crippen LogP contribution >= 0.6 is 11.6 Å². The molecule has 0 radical (unpaired) electrons. The summed E-state index contributed by atoms with van der Waals surface area (Å²) in [5.74, 6) is -0.493. The van der Waals surface area contributed by atoms with Crippen molar-refractivity contribution in [1.82, 2.24) is 15.2 Å². The van der Waals surface area contributed by atoms with Crippen molar-refractivity contribution in [3.63, 3.8) is 0 Å². The molecule has 2 aromatic rings. The zero-order valence-electron chi connectivity index (χ0n) is 18.3. The summed E-state index contributed by atoms with van der Waals surface area (Å²) in [7, 11) is 0.444. The molecule has 2 aromatic carbocycles. The molecular weight excluding hydrogens is 458 g/mol. The summed E-state index contributed by atoms with van der Waals surface area (Å²) in [6, 6.07) is 8.37. The predicted molar refractivity (Wildman–Crippen MR) is 121 cm³/mol. The second-order valence-electron chi connectivity index (χ2n) is 6.90. The van der Waals surface area contributed by atoms with E-state index < -0.39 is 21.8 Å². The van der Waals surface area contributed by atoms with Gasteiger partial charge in [-0.05, 0) is 42.8 Å². The molecule has 0 atom stereocenters. The Bertz CT molecular complexity index is 1090. The lowest BCUT2D eigenvalue weighted by Crippen LogP contribution is -2.41. The van der Waals surface area contributed by atoms with Crippen LogP contribution in [0, 0.1) is 0 Å². The van der Waals surface area contributed by atoms with Gasteiger partial charge in [0, 0.05) is 19.7 Å². The maximum atomic E-state index is 12.5. The van der Waals surface area contributed by atoms with Gasteiger partial charge in [-0.1, -0.05) is 24.9 Å². The highest BCUT2D eigenvalue weighted by atomic mass is 35.5. The van der Waals surface area contributed by atoms with E-state index in [4.69, 9.17) is 21.1 Å². The highest BCUT2D eigenvalue weighted by Gasteiger charge is 2.21. The van der Waals surface area contributed by atoms with Crippen LogP contribution < -0.4 is 20.3 Å². The fraction of sp³-hybridized carbons (Fsp3) is 0.333. The first-order valence-corrected chi connectivity index (χ1v) is 11.6. The number of benzene rings is 2. The van der Waals surface area contributed by atoms with Gasteiger partial charge in [-0.3, -0.25) is 20.4 Å². The maximum absolute atomic E-state index is 12.5.